The van der Waals surface area contributed by atoms with Crippen LogP contribution in [0.2, 0.25) is 0 Å². The van der Waals surface area contributed by atoms with Crippen LogP contribution in [0.4, 0.5) is 14.3 Å². The third-order valence-corrected chi connectivity index (χ3v) is 6.92. The number of benzene rings is 1. The van der Waals surface area contributed by atoms with Gasteiger partial charge in [-0.1, -0.05) is 17.4 Å². The van der Waals surface area contributed by atoms with E-state index in [-0.39, 0.29) is 10.8 Å². The quantitative estimate of drug-likeness (QED) is 0.626. The average Bonchev–Trinajstić information content (AvgIpc) is 3.22. The molecule has 0 saturated carbocycles. The third-order valence-electron chi connectivity index (χ3n) is 4.67. The summed E-state index contributed by atoms with van der Waals surface area (Å²) in [7, 11) is -3.65. The predicted octanol–water partition coefficient (Wildman–Crippen LogP) is 2.80. The first kappa shape index (κ1) is 22.2. The van der Waals surface area contributed by atoms with Crippen LogP contribution in [0.3, 0.4) is 0 Å². The Morgan fingerprint density at radius 1 is 1.37 bits per heavy atom. The molecule has 2 N–H and O–H groups in total. The molecule has 11 heteroatoms. The van der Waals surface area contributed by atoms with Gasteiger partial charge in [-0.25, -0.2) is 22.6 Å². The zero-order valence-electron chi connectivity index (χ0n) is 16.7. The average molecular weight is 455 g/mol. The smallest absolute Gasteiger partial charge is 0.321 e. The molecule has 162 valence electrons. The van der Waals surface area contributed by atoms with Gasteiger partial charge in [0, 0.05) is 32.3 Å². The summed E-state index contributed by atoms with van der Waals surface area (Å²) >= 11 is 1.17. The number of halogens is 1. The number of urea groups is 1. The first-order valence-corrected chi connectivity index (χ1v) is 12.2. The fourth-order valence-electron chi connectivity index (χ4n) is 3.21. The number of sulfone groups is 1. The van der Waals surface area contributed by atoms with Crippen molar-refractivity contribution in [3.63, 3.8) is 0 Å². The van der Waals surface area contributed by atoms with E-state index in [4.69, 9.17) is 0 Å². The summed E-state index contributed by atoms with van der Waals surface area (Å²) in [5.74, 6) is -0.669. The maximum Gasteiger partial charge on any atom is 0.321 e. The molecule has 0 spiro atoms. The zero-order chi connectivity index (χ0) is 21.9. The van der Waals surface area contributed by atoms with Crippen LogP contribution in [0.1, 0.15) is 25.0 Å². The Kier molecular flexibility index (Phi) is 6.71. The highest BCUT2D eigenvalue weighted by Gasteiger charge is 2.19. The number of carbonyl (C=O) groups excluding carboxylic acids is 2. The summed E-state index contributed by atoms with van der Waals surface area (Å²) in [5.41, 5.74) is 1.08. The highest BCUT2D eigenvalue weighted by Crippen LogP contribution is 2.34. The van der Waals surface area contributed by atoms with Gasteiger partial charge in [0.1, 0.15) is 10.7 Å². The van der Waals surface area contributed by atoms with Crippen LogP contribution < -0.4 is 10.6 Å². The largest absolute Gasteiger partial charge is 0.343 e. The van der Waals surface area contributed by atoms with Crippen molar-refractivity contribution in [1.29, 1.82) is 0 Å². The van der Waals surface area contributed by atoms with E-state index in [2.05, 4.69) is 15.6 Å². The number of amides is 3. The summed E-state index contributed by atoms with van der Waals surface area (Å²) < 4.78 is 37.3. The zero-order valence-corrected chi connectivity index (χ0v) is 18.3. The maximum absolute atomic E-state index is 14.2. The van der Waals surface area contributed by atoms with Crippen molar-refractivity contribution in [3.8, 4) is 10.4 Å². The van der Waals surface area contributed by atoms with Crippen molar-refractivity contribution in [3.05, 3.63) is 29.7 Å². The molecule has 0 aliphatic carbocycles. The van der Waals surface area contributed by atoms with Gasteiger partial charge >= 0.3 is 6.03 Å². The Labute approximate surface area is 178 Å². The monoisotopic (exact) mass is 454 g/mol. The van der Waals surface area contributed by atoms with Crippen molar-refractivity contribution in [1.82, 2.24) is 15.2 Å². The van der Waals surface area contributed by atoms with E-state index in [1.165, 1.54) is 23.5 Å². The minimum atomic E-state index is -3.65. The molecule has 1 fully saturated rings. The second-order valence-electron chi connectivity index (χ2n) is 7.07. The lowest BCUT2D eigenvalue weighted by atomic mass is 10.1. The molecule has 0 bridgehead atoms. The molecule has 0 unspecified atom stereocenters. The van der Waals surface area contributed by atoms with E-state index in [9.17, 15) is 22.4 Å². The molecule has 0 radical (unpaired) electrons. The van der Waals surface area contributed by atoms with E-state index < -0.39 is 21.7 Å². The van der Waals surface area contributed by atoms with Crippen LogP contribution in [0, 0.1) is 12.7 Å². The van der Waals surface area contributed by atoms with E-state index in [0.717, 1.165) is 25.3 Å². The Bertz CT molecular complexity index is 1070. The summed E-state index contributed by atoms with van der Waals surface area (Å²) in [6.45, 7) is 3.54. The van der Waals surface area contributed by atoms with Gasteiger partial charge in [0.05, 0.1) is 10.6 Å². The Hall–Kier alpha value is -2.53. The molecule has 8 nitrogen and oxygen atoms in total. The van der Waals surface area contributed by atoms with Gasteiger partial charge in [-0.05, 0) is 37.5 Å². The Balaban J connectivity index is 1.57. The molecule has 2 heterocycles. The Morgan fingerprint density at radius 3 is 2.77 bits per heavy atom. The van der Waals surface area contributed by atoms with Crippen molar-refractivity contribution < 1.29 is 22.4 Å². The van der Waals surface area contributed by atoms with Gasteiger partial charge in [-0.15, -0.1) is 0 Å². The summed E-state index contributed by atoms with van der Waals surface area (Å²) in [6.07, 6.45) is 3.10. The summed E-state index contributed by atoms with van der Waals surface area (Å²) in [4.78, 5) is 30.0. The van der Waals surface area contributed by atoms with Gasteiger partial charge < -0.3 is 10.2 Å². The van der Waals surface area contributed by atoms with Crippen LogP contribution in [0.25, 0.3) is 10.4 Å². The predicted molar refractivity (Wildman–Crippen MR) is 113 cm³/mol. The van der Waals surface area contributed by atoms with E-state index in [0.29, 0.717) is 47.2 Å². The lowest BCUT2D eigenvalue weighted by Gasteiger charge is -2.15. The van der Waals surface area contributed by atoms with Crippen molar-refractivity contribution in [2.45, 2.75) is 31.1 Å². The van der Waals surface area contributed by atoms with Gasteiger partial charge in [0.25, 0.3) is 0 Å². The van der Waals surface area contributed by atoms with Crippen LogP contribution in [-0.4, -0.2) is 56.1 Å². The number of rotatable bonds is 7. The van der Waals surface area contributed by atoms with Crippen molar-refractivity contribution in [2.24, 2.45) is 0 Å². The SMILES string of the molecule is Cc1nc(NC(=O)NCCCN2CCCC2=O)sc1-c1ccc(S(C)(=O)=O)c(F)c1. The van der Waals surface area contributed by atoms with Gasteiger partial charge in [0.2, 0.25) is 5.91 Å². The van der Waals surface area contributed by atoms with Crippen molar-refractivity contribution >= 4 is 38.2 Å². The van der Waals surface area contributed by atoms with E-state index >= 15 is 0 Å². The normalized spacial score (nSPS) is 14.2. The number of nitrogens with one attached hydrogen (secondary N) is 2. The van der Waals surface area contributed by atoms with Crippen LogP contribution in [-0.2, 0) is 14.6 Å². The third kappa shape index (κ3) is 5.33. The molecule has 2 aromatic rings. The molecule has 3 rings (SSSR count). The maximum atomic E-state index is 14.2. The minimum Gasteiger partial charge on any atom is -0.343 e. The number of nitrogens with zero attached hydrogens (tertiary/aromatic N) is 2. The molecule has 1 aliphatic rings. The van der Waals surface area contributed by atoms with Gasteiger partial charge in [0.15, 0.2) is 15.0 Å². The Morgan fingerprint density at radius 2 is 2.13 bits per heavy atom. The number of aromatic nitrogens is 1. The fraction of sp³-hybridized carbons (Fsp3) is 0.421. The molecule has 30 heavy (non-hydrogen) atoms. The van der Waals surface area contributed by atoms with Crippen LogP contribution >= 0.6 is 11.3 Å². The number of anilines is 1. The molecule has 1 aromatic carbocycles. The van der Waals surface area contributed by atoms with E-state index in [1.54, 1.807) is 11.8 Å². The number of carbonyl (C=O) groups is 2. The summed E-state index contributed by atoms with van der Waals surface area (Å²) in [6, 6.07) is 3.48. The van der Waals surface area contributed by atoms with Crippen LogP contribution in [0.5, 0.6) is 0 Å². The second kappa shape index (κ2) is 9.09. The first-order valence-electron chi connectivity index (χ1n) is 9.45. The highest BCUT2D eigenvalue weighted by molar-refractivity contribution is 7.90. The molecule has 1 aliphatic heterocycles. The number of aryl methyl sites for hydroxylation is 1. The number of hydrogen-bond acceptors (Lipinski definition) is 6. The number of hydrogen-bond donors (Lipinski definition) is 2. The van der Waals surface area contributed by atoms with Crippen LogP contribution in [0.15, 0.2) is 23.1 Å². The van der Waals surface area contributed by atoms with Crippen molar-refractivity contribution in [2.75, 3.05) is 31.2 Å². The minimum absolute atomic E-state index is 0.159. The lowest BCUT2D eigenvalue weighted by Crippen LogP contribution is -2.32. The summed E-state index contributed by atoms with van der Waals surface area (Å²) in [5, 5.41) is 5.72. The second-order valence-corrected chi connectivity index (χ2v) is 10.1. The first-order chi connectivity index (χ1) is 14.1. The molecule has 1 aromatic heterocycles. The standard InChI is InChI=1S/C19H23FN4O4S2/c1-12-17(13-6-7-15(14(20)11-13)30(2,27)28)29-19(22-12)23-18(26)21-8-4-10-24-9-3-5-16(24)25/h6-7,11H,3-5,8-10H2,1-2H3,(H2,21,22,23,26). The van der Waals surface area contributed by atoms with Gasteiger partial charge in [-0.2, -0.15) is 0 Å². The fourth-order valence-corrected chi connectivity index (χ4v) is 4.90. The molecule has 3 amide bonds. The lowest BCUT2D eigenvalue weighted by molar-refractivity contribution is -0.127. The molecule has 1 saturated heterocycles. The highest BCUT2D eigenvalue weighted by atomic mass is 32.2. The topological polar surface area (TPSA) is 108 Å². The molecular weight excluding hydrogens is 431 g/mol. The van der Waals surface area contributed by atoms with E-state index in [1.807, 2.05) is 0 Å². The number of likely N-dealkylation sites (tertiary alicyclic amines) is 1. The number of thiazole rings is 1. The molecule has 0 atom stereocenters. The van der Waals surface area contributed by atoms with Gasteiger partial charge in [-0.3, -0.25) is 10.1 Å². The molecular formula is C19H23FN4O4S2.